The Kier molecular flexibility index (Phi) is 5.49. The van der Waals surface area contributed by atoms with Gasteiger partial charge in [-0.2, -0.15) is 0 Å². The van der Waals surface area contributed by atoms with E-state index in [-0.39, 0.29) is 0 Å². The summed E-state index contributed by atoms with van der Waals surface area (Å²) in [4.78, 5) is 2.43. The molecule has 0 bridgehead atoms. The number of nitrogens with one attached hydrogen (secondary N) is 1. The Labute approximate surface area is 119 Å². The molecular formula is C14H23ClN2S. The number of halogens is 1. The lowest BCUT2D eigenvalue weighted by Gasteiger charge is -2.29. The smallest absolute Gasteiger partial charge is 0.0931 e. The van der Waals surface area contributed by atoms with Crippen molar-refractivity contribution in [1.29, 1.82) is 0 Å². The number of nitrogens with zero attached hydrogens (tertiary/aromatic N) is 1. The number of piperidine rings is 1. The van der Waals surface area contributed by atoms with E-state index in [0.717, 1.165) is 16.8 Å². The van der Waals surface area contributed by atoms with E-state index in [1.54, 1.807) is 11.3 Å². The van der Waals surface area contributed by atoms with Gasteiger partial charge in [0.2, 0.25) is 0 Å². The van der Waals surface area contributed by atoms with Crippen LogP contribution in [0.5, 0.6) is 0 Å². The van der Waals surface area contributed by atoms with Crippen molar-refractivity contribution in [1.82, 2.24) is 10.2 Å². The lowest BCUT2D eigenvalue weighted by molar-refractivity contribution is 0.211. The zero-order chi connectivity index (χ0) is 13.0. The third-order valence-corrected chi connectivity index (χ3v) is 5.04. The molecule has 102 valence electrons. The first-order valence-corrected chi connectivity index (χ1v) is 8.07. The molecule has 1 aromatic heterocycles. The third kappa shape index (κ3) is 4.23. The highest BCUT2D eigenvalue weighted by Crippen LogP contribution is 2.25. The second kappa shape index (κ2) is 6.90. The van der Waals surface area contributed by atoms with Crippen LogP contribution in [0.15, 0.2) is 11.4 Å². The topological polar surface area (TPSA) is 15.3 Å². The van der Waals surface area contributed by atoms with Crippen LogP contribution in [0.2, 0.25) is 4.34 Å². The van der Waals surface area contributed by atoms with Gasteiger partial charge in [-0.1, -0.05) is 11.6 Å². The summed E-state index contributed by atoms with van der Waals surface area (Å²) >= 11 is 7.57. The van der Waals surface area contributed by atoms with E-state index in [9.17, 15) is 0 Å². The molecule has 1 fully saturated rings. The first-order chi connectivity index (χ1) is 8.65. The summed E-state index contributed by atoms with van der Waals surface area (Å²) in [5.74, 6) is 0.909. The van der Waals surface area contributed by atoms with Crippen LogP contribution >= 0.6 is 22.9 Å². The van der Waals surface area contributed by atoms with Crippen LogP contribution in [0.3, 0.4) is 0 Å². The highest BCUT2D eigenvalue weighted by Gasteiger charge is 2.16. The first kappa shape index (κ1) is 14.3. The molecule has 0 saturated carbocycles. The molecule has 0 amide bonds. The second-order valence-electron chi connectivity index (χ2n) is 5.40. The molecule has 1 aliphatic heterocycles. The molecular weight excluding hydrogens is 264 g/mol. The predicted octanol–water partition coefficient (Wildman–Crippen LogP) is 3.78. The van der Waals surface area contributed by atoms with Gasteiger partial charge in [0, 0.05) is 6.04 Å². The molecule has 1 N–H and O–H groups in total. The highest BCUT2D eigenvalue weighted by molar-refractivity contribution is 7.14. The molecule has 0 aliphatic carbocycles. The van der Waals surface area contributed by atoms with Crippen molar-refractivity contribution in [3.63, 3.8) is 0 Å². The minimum Gasteiger partial charge on any atom is -0.310 e. The van der Waals surface area contributed by atoms with Gasteiger partial charge in [-0.05, 0) is 75.8 Å². The van der Waals surface area contributed by atoms with Crippen LogP contribution in [-0.2, 0) is 0 Å². The summed E-state index contributed by atoms with van der Waals surface area (Å²) in [5.41, 5.74) is 1.31. The first-order valence-electron chi connectivity index (χ1n) is 6.81. The maximum atomic E-state index is 5.96. The second-order valence-corrected chi connectivity index (χ2v) is 6.94. The molecule has 4 heteroatoms. The van der Waals surface area contributed by atoms with Crippen molar-refractivity contribution in [2.45, 2.75) is 32.2 Å². The molecule has 2 rings (SSSR count). The molecule has 1 aliphatic rings. The van der Waals surface area contributed by atoms with Crippen LogP contribution in [0, 0.1) is 5.92 Å². The maximum Gasteiger partial charge on any atom is 0.0931 e. The van der Waals surface area contributed by atoms with Crippen LogP contribution in [0.25, 0.3) is 0 Å². The Balaban J connectivity index is 1.66. The minimum absolute atomic E-state index is 0.417. The summed E-state index contributed by atoms with van der Waals surface area (Å²) in [6, 6.07) is 2.49. The van der Waals surface area contributed by atoms with E-state index in [1.165, 1.54) is 37.9 Å². The summed E-state index contributed by atoms with van der Waals surface area (Å²) < 4.78 is 0.883. The Bertz CT molecular complexity index is 358. The van der Waals surface area contributed by atoms with Crippen LogP contribution in [-0.4, -0.2) is 31.6 Å². The van der Waals surface area contributed by atoms with E-state index in [2.05, 4.69) is 35.6 Å². The zero-order valence-corrected chi connectivity index (χ0v) is 12.9. The maximum absolute atomic E-state index is 5.96. The lowest BCUT2D eigenvalue weighted by Crippen LogP contribution is -2.32. The van der Waals surface area contributed by atoms with Gasteiger partial charge in [0.25, 0.3) is 0 Å². The number of thiophene rings is 1. The van der Waals surface area contributed by atoms with E-state index in [4.69, 9.17) is 11.6 Å². The largest absolute Gasteiger partial charge is 0.310 e. The lowest BCUT2D eigenvalue weighted by atomic mass is 9.94. The fourth-order valence-electron chi connectivity index (χ4n) is 2.52. The summed E-state index contributed by atoms with van der Waals surface area (Å²) in [6.07, 6.45) is 4.02. The van der Waals surface area contributed by atoms with Crippen LogP contribution in [0.4, 0.5) is 0 Å². The quantitative estimate of drug-likeness (QED) is 0.886. The average molecular weight is 287 g/mol. The predicted molar refractivity (Wildman–Crippen MR) is 80.6 cm³/mol. The summed E-state index contributed by atoms with van der Waals surface area (Å²) in [6.45, 7) is 5.86. The highest BCUT2D eigenvalue weighted by atomic mass is 35.5. The molecule has 1 atom stereocenters. The molecule has 2 heterocycles. The third-order valence-electron chi connectivity index (χ3n) is 3.93. The zero-order valence-electron chi connectivity index (χ0n) is 11.3. The standard InChI is InChI=1S/C14H23ClN2S/c1-11(13-9-14(15)18-10-13)16-6-3-12-4-7-17(2)8-5-12/h9-12,16H,3-8H2,1-2H3. The summed E-state index contributed by atoms with van der Waals surface area (Å²) in [7, 11) is 2.22. The molecule has 0 aromatic carbocycles. The number of likely N-dealkylation sites (tertiary alicyclic amines) is 1. The van der Waals surface area contributed by atoms with E-state index in [0.29, 0.717) is 6.04 Å². The van der Waals surface area contributed by atoms with Gasteiger partial charge in [0.05, 0.1) is 4.34 Å². The van der Waals surface area contributed by atoms with Crippen molar-refractivity contribution in [3.05, 3.63) is 21.3 Å². The Morgan fingerprint density at radius 1 is 1.50 bits per heavy atom. The van der Waals surface area contributed by atoms with Crippen molar-refractivity contribution < 1.29 is 0 Å². The fourth-order valence-corrected chi connectivity index (χ4v) is 3.51. The van der Waals surface area contributed by atoms with Gasteiger partial charge >= 0.3 is 0 Å². The van der Waals surface area contributed by atoms with Crippen molar-refractivity contribution in [2.24, 2.45) is 5.92 Å². The van der Waals surface area contributed by atoms with Gasteiger partial charge < -0.3 is 10.2 Å². The molecule has 0 spiro atoms. The normalized spacial score (nSPS) is 20.2. The molecule has 1 saturated heterocycles. The van der Waals surface area contributed by atoms with Gasteiger partial charge in [-0.15, -0.1) is 11.3 Å². The molecule has 18 heavy (non-hydrogen) atoms. The van der Waals surface area contributed by atoms with E-state index < -0.39 is 0 Å². The van der Waals surface area contributed by atoms with Crippen molar-refractivity contribution in [3.8, 4) is 0 Å². The van der Waals surface area contributed by atoms with E-state index >= 15 is 0 Å². The molecule has 1 aromatic rings. The van der Waals surface area contributed by atoms with E-state index in [1.807, 2.05) is 0 Å². The van der Waals surface area contributed by atoms with Gasteiger partial charge in [0.15, 0.2) is 0 Å². The van der Waals surface area contributed by atoms with Gasteiger partial charge in [-0.3, -0.25) is 0 Å². The summed E-state index contributed by atoms with van der Waals surface area (Å²) in [5, 5.41) is 5.75. The number of rotatable bonds is 5. The van der Waals surface area contributed by atoms with Crippen LogP contribution < -0.4 is 5.32 Å². The van der Waals surface area contributed by atoms with Gasteiger partial charge in [0.1, 0.15) is 0 Å². The van der Waals surface area contributed by atoms with Gasteiger partial charge in [-0.25, -0.2) is 0 Å². The molecule has 1 unspecified atom stereocenters. The monoisotopic (exact) mass is 286 g/mol. The fraction of sp³-hybridized carbons (Fsp3) is 0.714. The Morgan fingerprint density at radius 3 is 2.83 bits per heavy atom. The Morgan fingerprint density at radius 2 is 2.22 bits per heavy atom. The molecule has 0 radical (unpaired) electrons. The SMILES string of the molecule is CC(NCCC1CCN(C)CC1)c1csc(Cl)c1. The number of hydrogen-bond acceptors (Lipinski definition) is 3. The minimum atomic E-state index is 0.417. The van der Waals surface area contributed by atoms with Crippen molar-refractivity contribution in [2.75, 3.05) is 26.7 Å². The average Bonchev–Trinajstić information content (AvgIpc) is 2.78. The molecule has 2 nitrogen and oxygen atoms in total. The Hall–Kier alpha value is -0.0900. The van der Waals surface area contributed by atoms with Crippen LogP contribution in [0.1, 0.15) is 37.8 Å². The number of hydrogen-bond donors (Lipinski definition) is 1. The van der Waals surface area contributed by atoms with Crippen molar-refractivity contribution >= 4 is 22.9 Å².